The average molecular weight is 312 g/mol. The molecule has 2 rings (SSSR count). The SMILES string of the molecule is Cc1cc(C)c(-c2ccccc2)c(C)c1[C-]=O.OP(O)O.[Li+]. The first-order valence-electron chi connectivity index (χ1n) is 6.29. The fourth-order valence-electron chi connectivity index (χ4n) is 2.39. The van der Waals surface area contributed by atoms with E-state index in [9.17, 15) is 4.79 Å². The minimum absolute atomic E-state index is 0. The van der Waals surface area contributed by atoms with E-state index in [-0.39, 0.29) is 18.9 Å². The summed E-state index contributed by atoms with van der Waals surface area (Å²) in [4.78, 5) is 32.7. The van der Waals surface area contributed by atoms with E-state index in [1.807, 2.05) is 32.0 Å². The summed E-state index contributed by atoms with van der Waals surface area (Å²) in [6.07, 6.45) is 2.05. The van der Waals surface area contributed by atoms with Gasteiger partial charge in [-0.1, -0.05) is 55.3 Å². The third-order valence-corrected chi connectivity index (χ3v) is 3.14. The summed E-state index contributed by atoms with van der Waals surface area (Å²) in [5.41, 5.74) is 6.20. The minimum atomic E-state index is -2.62. The molecule has 0 saturated heterocycles. The topological polar surface area (TPSA) is 77.8 Å². The van der Waals surface area contributed by atoms with Crippen molar-refractivity contribution >= 4 is 14.9 Å². The zero-order valence-electron chi connectivity index (χ0n) is 13.2. The van der Waals surface area contributed by atoms with Gasteiger partial charge in [-0.25, -0.2) is 0 Å². The van der Waals surface area contributed by atoms with E-state index in [0.29, 0.717) is 5.56 Å². The second-order valence-electron chi connectivity index (χ2n) is 4.62. The fourth-order valence-corrected chi connectivity index (χ4v) is 2.39. The van der Waals surface area contributed by atoms with Crippen molar-refractivity contribution in [3.05, 3.63) is 58.7 Å². The second kappa shape index (κ2) is 9.92. The Kier molecular flexibility index (Phi) is 9.48. The Morgan fingerprint density at radius 2 is 1.45 bits per heavy atom. The van der Waals surface area contributed by atoms with E-state index in [4.69, 9.17) is 14.7 Å². The minimum Gasteiger partial charge on any atom is -0.376 e. The molecule has 6 heteroatoms. The maximum absolute atomic E-state index is 11.0. The molecule has 3 N–H and O–H groups in total. The van der Waals surface area contributed by atoms with Crippen molar-refractivity contribution in [3.63, 3.8) is 0 Å². The van der Waals surface area contributed by atoms with Crippen LogP contribution >= 0.6 is 8.60 Å². The molecule has 0 radical (unpaired) electrons. The van der Waals surface area contributed by atoms with Gasteiger partial charge in [0, 0.05) is 0 Å². The van der Waals surface area contributed by atoms with Crippen LogP contribution in [0.4, 0.5) is 0 Å². The number of benzene rings is 2. The molecule has 0 heterocycles. The largest absolute Gasteiger partial charge is 1.00 e. The van der Waals surface area contributed by atoms with Crippen LogP contribution < -0.4 is 18.9 Å². The van der Waals surface area contributed by atoms with Gasteiger partial charge < -0.3 is 19.5 Å². The van der Waals surface area contributed by atoms with Crippen molar-refractivity contribution in [2.24, 2.45) is 0 Å². The van der Waals surface area contributed by atoms with Crippen LogP contribution in [0, 0.1) is 20.8 Å². The van der Waals surface area contributed by atoms with Crippen molar-refractivity contribution in [2.45, 2.75) is 20.8 Å². The number of hydrogen-bond donors (Lipinski definition) is 3. The Balaban J connectivity index is 0.000000791. The first-order chi connectivity index (χ1) is 9.88. The zero-order valence-corrected chi connectivity index (χ0v) is 14.1. The van der Waals surface area contributed by atoms with Crippen molar-refractivity contribution in [1.82, 2.24) is 0 Å². The van der Waals surface area contributed by atoms with Gasteiger partial charge in [0.1, 0.15) is 0 Å². The summed E-state index contributed by atoms with van der Waals surface area (Å²) in [6, 6.07) is 12.2. The number of hydrogen-bond acceptors (Lipinski definition) is 4. The molecule has 0 unspecified atom stereocenters. The first kappa shape index (κ1) is 21.0. The summed E-state index contributed by atoms with van der Waals surface area (Å²) in [7, 11) is -2.62. The molecule has 2 aromatic rings. The van der Waals surface area contributed by atoms with Gasteiger partial charge in [0.05, 0.1) is 6.29 Å². The average Bonchev–Trinajstić information content (AvgIpc) is 2.39. The normalized spacial score (nSPS) is 9.59. The van der Waals surface area contributed by atoms with Crippen LogP contribution in [-0.4, -0.2) is 21.0 Å². The Morgan fingerprint density at radius 3 is 1.91 bits per heavy atom. The van der Waals surface area contributed by atoms with Gasteiger partial charge in [-0.2, -0.15) is 0 Å². The molecule has 0 aromatic heterocycles. The molecule has 0 aliphatic rings. The molecular formula is C16H18LiO4P. The van der Waals surface area contributed by atoms with Gasteiger partial charge in [-0.05, 0) is 12.5 Å². The fraction of sp³-hybridized carbons (Fsp3) is 0.188. The molecular weight excluding hydrogens is 294 g/mol. The van der Waals surface area contributed by atoms with Crippen LogP contribution in [0.2, 0.25) is 0 Å². The van der Waals surface area contributed by atoms with Crippen LogP contribution in [0.25, 0.3) is 11.1 Å². The van der Waals surface area contributed by atoms with Crippen LogP contribution in [0.5, 0.6) is 0 Å². The van der Waals surface area contributed by atoms with Crippen molar-refractivity contribution < 1.29 is 38.3 Å². The summed E-state index contributed by atoms with van der Waals surface area (Å²) in [5, 5.41) is 0. The predicted molar refractivity (Wildman–Crippen MR) is 84.5 cm³/mol. The van der Waals surface area contributed by atoms with Crippen LogP contribution in [0.3, 0.4) is 0 Å². The molecule has 0 saturated carbocycles. The monoisotopic (exact) mass is 312 g/mol. The number of aryl methyl sites for hydroxylation is 2. The third kappa shape index (κ3) is 5.66. The first-order valence-corrected chi connectivity index (χ1v) is 7.49. The Labute approximate surface area is 144 Å². The Bertz CT molecular complexity index is 613. The van der Waals surface area contributed by atoms with Crippen molar-refractivity contribution in [1.29, 1.82) is 0 Å². The van der Waals surface area contributed by atoms with Gasteiger partial charge in [0.25, 0.3) is 0 Å². The Morgan fingerprint density at radius 1 is 0.955 bits per heavy atom. The molecule has 0 aliphatic heterocycles. The summed E-state index contributed by atoms with van der Waals surface area (Å²) >= 11 is 0. The summed E-state index contributed by atoms with van der Waals surface area (Å²) in [6.45, 7) is 6.02. The molecule has 2 aromatic carbocycles. The summed E-state index contributed by atoms with van der Waals surface area (Å²) < 4.78 is 0. The van der Waals surface area contributed by atoms with Gasteiger partial charge in [-0.15, -0.1) is 22.8 Å². The molecule has 0 bridgehead atoms. The maximum atomic E-state index is 11.0. The second-order valence-corrected chi connectivity index (χ2v) is 5.16. The van der Waals surface area contributed by atoms with E-state index < -0.39 is 8.60 Å². The van der Waals surface area contributed by atoms with E-state index in [1.165, 1.54) is 5.56 Å². The molecule has 0 fully saturated rings. The van der Waals surface area contributed by atoms with E-state index in [0.717, 1.165) is 22.3 Å². The van der Waals surface area contributed by atoms with Crippen molar-refractivity contribution in [3.8, 4) is 11.1 Å². The molecule has 0 atom stereocenters. The maximum Gasteiger partial charge on any atom is 1.00 e. The molecule has 0 aliphatic carbocycles. The number of carbonyl (C=O) groups excluding carboxylic acids is 1. The Hall–Kier alpha value is -0.983. The molecule has 4 nitrogen and oxygen atoms in total. The van der Waals surface area contributed by atoms with E-state index >= 15 is 0 Å². The zero-order chi connectivity index (χ0) is 16.0. The predicted octanol–water partition coefficient (Wildman–Crippen LogP) is -0.0691. The van der Waals surface area contributed by atoms with Gasteiger partial charge in [-0.3, -0.25) is 0 Å². The van der Waals surface area contributed by atoms with E-state index in [2.05, 4.69) is 31.4 Å². The van der Waals surface area contributed by atoms with Gasteiger partial charge in [0.2, 0.25) is 0 Å². The van der Waals surface area contributed by atoms with Crippen LogP contribution in [0.1, 0.15) is 22.3 Å². The molecule has 112 valence electrons. The number of rotatable bonds is 2. The van der Waals surface area contributed by atoms with Crippen LogP contribution in [-0.2, 0) is 4.79 Å². The standard InChI is InChI=1S/C16H15O.Li.H3O3P/c1-11-9-12(2)16(13(3)15(11)10-17)14-7-5-4-6-8-14;;1-4(2)3/h4-9H,1-3H3;;1-3H/q-1;+1;. The van der Waals surface area contributed by atoms with E-state index in [1.54, 1.807) is 0 Å². The third-order valence-electron chi connectivity index (χ3n) is 3.14. The molecule has 22 heavy (non-hydrogen) atoms. The molecule has 0 amide bonds. The molecule has 0 spiro atoms. The van der Waals surface area contributed by atoms with Gasteiger partial charge >= 0.3 is 27.5 Å². The van der Waals surface area contributed by atoms with Crippen molar-refractivity contribution in [2.75, 3.05) is 0 Å². The van der Waals surface area contributed by atoms with Gasteiger partial charge in [0.15, 0.2) is 0 Å². The quantitative estimate of drug-likeness (QED) is 0.412. The van der Waals surface area contributed by atoms with Crippen LogP contribution in [0.15, 0.2) is 36.4 Å². The summed E-state index contributed by atoms with van der Waals surface area (Å²) in [5.74, 6) is 0. The smallest absolute Gasteiger partial charge is 0.376 e.